The molecular weight excluding hydrogens is 390 g/mol. The van der Waals surface area contributed by atoms with Crippen LogP contribution in [-0.2, 0) is 19.1 Å². The van der Waals surface area contributed by atoms with Gasteiger partial charge < -0.3 is 19.1 Å². The fourth-order valence-electron chi connectivity index (χ4n) is 2.65. The lowest BCUT2D eigenvalue weighted by atomic mass is 10.2. The molecule has 1 aliphatic rings. The molecule has 0 aliphatic carbocycles. The molecule has 0 saturated carbocycles. The summed E-state index contributed by atoms with van der Waals surface area (Å²) in [5.41, 5.74) is 0.732. The highest BCUT2D eigenvalue weighted by Gasteiger charge is 2.26. The van der Waals surface area contributed by atoms with Gasteiger partial charge in [-0.25, -0.2) is 4.79 Å². The lowest BCUT2D eigenvalue weighted by Crippen LogP contribution is -2.49. The number of halogens is 1. The van der Waals surface area contributed by atoms with Gasteiger partial charge in [0.15, 0.2) is 6.61 Å². The lowest BCUT2D eigenvalue weighted by molar-refractivity contribution is -0.154. The van der Waals surface area contributed by atoms with Crippen LogP contribution in [0, 0.1) is 0 Å². The molecule has 0 radical (unpaired) electrons. The zero-order chi connectivity index (χ0) is 18.4. The Morgan fingerprint density at radius 2 is 2.00 bits per heavy atom. The van der Waals surface area contributed by atoms with Gasteiger partial charge in [0.25, 0.3) is 5.91 Å². The summed E-state index contributed by atoms with van der Waals surface area (Å²) in [6.07, 6.45) is 2.83. The van der Waals surface area contributed by atoms with Crippen molar-refractivity contribution in [2.45, 2.75) is 26.1 Å². The fraction of sp³-hybridized carbons (Fsp3) is 0.444. The molecule has 2 rings (SSSR count). The van der Waals surface area contributed by atoms with Crippen molar-refractivity contribution in [3.05, 3.63) is 34.3 Å². The molecule has 6 nitrogen and oxygen atoms in total. The van der Waals surface area contributed by atoms with Crippen LogP contribution in [0.5, 0.6) is 5.75 Å². The summed E-state index contributed by atoms with van der Waals surface area (Å²) in [6, 6.07) is 5.46. The van der Waals surface area contributed by atoms with Crippen molar-refractivity contribution >= 4 is 33.9 Å². The van der Waals surface area contributed by atoms with Gasteiger partial charge in [-0.05, 0) is 38.1 Å². The van der Waals surface area contributed by atoms with E-state index < -0.39 is 5.97 Å². The highest BCUT2D eigenvalue weighted by Crippen LogP contribution is 2.24. The van der Waals surface area contributed by atoms with E-state index in [2.05, 4.69) is 15.9 Å². The molecule has 2 atom stereocenters. The predicted molar refractivity (Wildman–Crippen MR) is 97.3 cm³/mol. The number of amides is 1. The Hall–Kier alpha value is -1.86. The van der Waals surface area contributed by atoms with Crippen molar-refractivity contribution in [1.29, 1.82) is 0 Å². The van der Waals surface area contributed by atoms with Crippen LogP contribution >= 0.6 is 15.9 Å². The summed E-state index contributed by atoms with van der Waals surface area (Å²) >= 11 is 3.37. The first kappa shape index (κ1) is 19.5. The van der Waals surface area contributed by atoms with Crippen LogP contribution < -0.4 is 4.74 Å². The van der Waals surface area contributed by atoms with Crippen molar-refractivity contribution in [3.8, 4) is 5.75 Å². The molecule has 1 heterocycles. The number of benzene rings is 1. The first-order chi connectivity index (χ1) is 11.9. The number of methoxy groups -OCH3 is 1. The van der Waals surface area contributed by atoms with E-state index in [4.69, 9.17) is 14.2 Å². The second-order valence-corrected chi connectivity index (χ2v) is 6.80. The van der Waals surface area contributed by atoms with E-state index in [1.165, 1.54) is 6.08 Å². The summed E-state index contributed by atoms with van der Waals surface area (Å²) in [5.74, 6) is -0.159. The van der Waals surface area contributed by atoms with E-state index >= 15 is 0 Å². The van der Waals surface area contributed by atoms with Gasteiger partial charge in [0.1, 0.15) is 5.75 Å². The van der Waals surface area contributed by atoms with Crippen LogP contribution in [-0.4, -0.2) is 55.8 Å². The van der Waals surface area contributed by atoms with Gasteiger partial charge in [0.2, 0.25) is 0 Å². The summed E-state index contributed by atoms with van der Waals surface area (Å²) in [5, 5.41) is 0. The SMILES string of the molecule is COc1ccc(Br)cc1/C=C/C(=O)OCC(=O)N1C[C@@H](C)O[C@H](C)C1. The number of esters is 1. The molecule has 1 aliphatic heterocycles. The number of carbonyl (C=O) groups is 2. The van der Waals surface area contributed by atoms with Gasteiger partial charge in [-0.1, -0.05) is 15.9 Å². The normalized spacial score (nSPS) is 20.6. The van der Waals surface area contributed by atoms with Crippen LogP contribution in [0.4, 0.5) is 0 Å². The third-order valence-corrected chi connectivity index (χ3v) is 4.19. The molecule has 0 spiro atoms. The number of morpholine rings is 1. The minimum Gasteiger partial charge on any atom is -0.496 e. The second-order valence-electron chi connectivity index (χ2n) is 5.88. The Kier molecular flexibility index (Phi) is 7.01. The average molecular weight is 412 g/mol. The van der Waals surface area contributed by atoms with Crippen LogP contribution in [0.3, 0.4) is 0 Å². The van der Waals surface area contributed by atoms with E-state index in [-0.39, 0.29) is 24.7 Å². The molecule has 0 unspecified atom stereocenters. The standard InChI is InChI=1S/C18H22BrNO5/c1-12-9-20(10-13(2)25-12)17(21)11-24-18(22)7-4-14-8-15(19)5-6-16(14)23-3/h4-8,12-13H,9-11H2,1-3H3/b7-4+/t12-,13-/m1/s1. The minimum atomic E-state index is -0.579. The predicted octanol–water partition coefficient (Wildman–Crippen LogP) is 2.65. The molecule has 1 aromatic carbocycles. The molecule has 1 fully saturated rings. The monoisotopic (exact) mass is 411 g/mol. The molecule has 1 aromatic rings. The first-order valence-electron chi connectivity index (χ1n) is 8.00. The third-order valence-electron chi connectivity index (χ3n) is 3.70. The molecule has 7 heteroatoms. The van der Waals surface area contributed by atoms with Crippen LogP contribution in [0.25, 0.3) is 6.08 Å². The average Bonchev–Trinajstić information content (AvgIpc) is 2.57. The molecule has 0 aromatic heterocycles. The lowest BCUT2D eigenvalue weighted by Gasteiger charge is -2.35. The van der Waals surface area contributed by atoms with Gasteiger partial charge in [-0.2, -0.15) is 0 Å². The quantitative estimate of drug-likeness (QED) is 0.550. The summed E-state index contributed by atoms with van der Waals surface area (Å²) in [7, 11) is 1.56. The van der Waals surface area contributed by atoms with Crippen molar-refractivity contribution < 1.29 is 23.8 Å². The number of ether oxygens (including phenoxy) is 3. The maximum Gasteiger partial charge on any atom is 0.331 e. The first-order valence-corrected chi connectivity index (χ1v) is 8.80. The summed E-state index contributed by atoms with van der Waals surface area (Å²) < 4.78 is 16.7. The Bertz CT molecular complexity index is 651. The fourth-order valence-corrected chi connectivity index (χ4v) is 3.03. The van der Waals surface area contributed by atoms with Gasteiger partial charge in [-0.15, -0.1) is 0 Å². The van der Waals surface area contributed by atoms with Gasteiger partial charge >= 0.3 is 5.97 Å². The highest BCUT2D eigenvalue weighted by atomic mass is 79.9. The number of carbonyl (C=O) groups excluding carboxylic acids is 2. The minimum absolute atomic E-state index is 0.0210. The van der Waals surface area contributed by atoms with Crippen LogP contribution in [0.15, 0.2) is 28.7 Å². The smallest absolute Gasteiger partial charge is 0.331 e. The molecule has 1 amide bonds. The van der Waals surface area contributed by atoms with E-state index in [1.807, 2.05) is 26.0 Å². The molecule has 0 bridgehead atoms. The van der Waals surface area contributed by atoms with E-state index in [0.29, 0.717) is 18.8 Å². The highest BCUT2D eigenvalue weighted by molar-refractivity contribution is 9.10. The van der Waals surface area contributed by atoms with E-state index in [9.17, 15) is 9.59 Å². The largest absolute Gasteiger partial charge is 0.496 e. The Morgan fingerprint density at radius 1 is 1.32 bits per heavy atom. The zero-order valence-electron chi connectivity index (χ0n) is 14.5. The molecule has 0 N–H and O–H groups in total. The van der Waals surface area contributed by atoms with Crippen molar-refractivity contribution in [2.75, 3.05) is 26.8 Å². The number of nitrogens with zero attached hydrogens (tertiary/aromatic N) is 1. The molecule has 1 saturated heterocycles. The third kappa shape index (κ3) is 5.86. The number of rotatable bonds is 5. The maximum absolute atomic E-state index is 12.2. The number of hydrogen-bond donors (Lipinski definition) is 0. The molecule has 25 heavy (non-hydrogen) atoms. The van der Waals surface area contributed by atoms with Gasteiger partial charge in [-0.3, -0.25) is 4.79 Å². The van der Waals surface area contributed by atoms with Crippen LogP contribution in [0.2, 0.25) is 0 Å². The molecule has 136 valence electrons. The van der Waals surface area contributed by atoms with Gasteiger partial charge in [0, 0.05) is 29.2 Å². The maximum atomic E-state index is 12.2. The Labute approximate surface area is 155 Å². The zero-order valence-corrected chi connectivity index (χ0v) is 16.1. The van der Waals surface area contributed by atoms with Crippen LogP contribution in [0.1, 0.15) is 19.4 Å². The second kappa shape index (κ2) is 9.01. The van der Waals surface area contributed by atoms with E-state index in [1.54, 1.807) is 24.2 Å². The Morgan fingerprint density at radius 3 is 2.64 bits per heavy atom. The van der Waals surface area contributed by atoms with E-state index in [0.717, 1.165) is 10.0 Å². The van der Waals surface area contributed by atoms with Crippen molar-refractivity contribution in [3.63, 3.8) is 0 Å². The topological polar surface area (TPSA) is 65.1 Å². The number of hydrogen-bond acceptors (Lipinski definition) is 5. The summed E-state index contributed by atoms with van der Waals surface area (Å²) in [6.45, 7) is 4.56. The van der Waals surface area contributed by atoms with Crippen molar-refractivity contribution in [2.24, 2.45) is 0 Å². The summed E-state index contributed by atoms with van der Waals surface area (Å²) in [4.78, 5) is 25.7. The van der Waals surface area contributed by atoms with Crippen molar-refractivity contribution in [1.82, 2.24) is 4.90 Å². The Balaban J connectivity index is 1.88. The molecular formula is C18H22BrNO5. The van der Waals surface area contributed by atoms with Gasteiger partial charge in [0.05, 0.1) is 19.3 Å².